The Bertz CT molecular complexity index is 506. The topological polar surface area (TPSA) is 146 Å². The van der Waals surface area contributed by atoms with E-state index in [1.54, 1.807) is 0 Å². The molecule has 31 heavy (non-hydrogen) atoms. The molecule has 6 N–H and O–H groups in total. The van der Waals surface area contributed by atoms with Crippen molar-refractivity contribution in [1.29, 1.82) is 0 Å². The summed E-state index contributed by atoms with van der Waals surface area (Å²) in [6, 6.07) is 0.0399. The third kappa shape index (κ3) is 32.8. The van der Waals surface area contributed by atoms with Crippen LogP contribution in [0.1, 0.15) is 27.7 Å². The molecule has 0 aromatic rings. The molecule has 0 heterocycles. The normalized spacial score (nSPS) is 13.4. The van der Waals surface area contributed by atoms with Crippen molar-refractivity contribution in [3.05, 3.63) is 38.0 Å². The van der Waals surface area contributed by atoms with E-state index in [-0.39, 0.29) is 36.0 Å². The summed E-state index contributed by atoms with van der Waals surface area (Å²) >= 11 is 4.71. The third-order valence-corrected chi connectivity index (χ3v) is 2.96. The van der Waals surface area contributed by atoms with Crippen LogP contribution >= 0.6 is 11.6 Å². The Morgan fingerprint density at radius 3 is 1.29 bits per heavy atom. The van der Waals surface area contributed by atoms with Crippen molar-refractivity contribution < 1.29 is 23.9 Å². The van der Waals surface area contributed by atoms with Gasteiger partial charge in [-0.1, -0.05) is 19.7 Å². The molecule has 4 atom stereocenters. The summed E-state index contributed by atoms with van der Waals surface area (Å²) < 4.78 is 10.5. The minimum Gasteiger partial charge on any atom is -0.378 e. The van der Waals surface area contributed by atoms with Gasteiger partial charge in [-0.05, 0) is 57.5 Å². The van der Waals surface area contributed by atoms with Gasteiger partial charge in [0.1, 0.15) is 0 Å². The molecule has 0 aliphatic heterocycles. The molecule has 180 valence electrons. The zero-order valence-corrected chi connectivity index (χ0v) is 19.8. The van der Waals surface area contributed by atoms with Crippen molar-refractivity contribution in [2.45, 2.75) is 51.9 Å². The number of nitrogens with two attached hydrogens (primary N) is 2. The number of rotatable bonds is 13. The molecule has 0 bridgehead atoms. The summed E-state index contributed by atoms with van der Waals surface area (Å²) in [4.78, 5) is 31.4. The van der Waals surface area contributed by atoms with Gasteiger partial charge in [0, 0.05) is 24.2 Å². The Balaban J connectivity index is -0.000000465. The maximum Gasteiger partial charge on any atom is 0.244 e. The SMILES string of the molecule is C=CC(=O)Cl.C=CC(=O)NC(C)COCC(C)NC(=O)C=C.CC(N)COCC(C)N. The van der Waals surface area contributed by atoms with Gasteiger partial charge in [0.2, 0.25) is 17.1 Å². The van der Waals surface area contributed by atoms with E-state index >= 15 is 0 Å². The second-order valence-electron chi connectivity index (χ2n) is 6.77. The molecule has 0 aliphatic rings. The summed E-state index contributed by atoms with van der Waals surface area (Å²) in [7, 11) is 0. The molecule has 2 amide bonds. The Hall–Kier alpha value is -2.04. The number of carbonyl (C=O) groups excluding carboxylic acids is 3. The molecule has 0 radical (unpaired) electrons. The first-order chi connectivity index (χ1) is 14.4. The lowest BCUT2D eigenvalue weighted by atomic mass is 10.3. The summed E-state index contributed by atoms with van der Waals surface area (Å²) in [6.07, 6.45) is 3.47. The van der Waals surface area contributed by atoms with E-state index in [0.717, 1.165) is 6.08 Å². The van der Waals surface area contributed by atoms with E-state index in [0.29, 0.717) is 26.4 Å². The van der Waals surface area contributed by atoms with Crippen molar-refractivity contribution in [1.82, 2.24) is 10.6 Å². The number of ether oxygens (including phenoxy) is 2. The fraction of sp³-hybridized carbons (Fsp3) is 0.571. The van der Waals surface area contributed by atoms with E-state index in [2.05, 4.69) is 30.4 Å². The van der Waals surface area contributed by atoms with Crippen molar-refractivity contribution in [2.75, 3.05) is 26.4 Å². The van der Waals surface area contributed by atoms with Gasteiger partial charge >= 0.3 is 0 Å². The van der Waals surface area contributed by atoms with Gasteiger partial charge in [0.05, 0.1) is 26.4 Å². The van der Waals surface area contributed by atoms with Crippen LogP contribution in [0, 0.1) is 0 Å². The predicted molar refractivity (Wildman–Crippen MR) is 126 cm³/mol. The average Bonchev–Trinajstić information content (AvgIpc) is 2.67. The molecular formula is C21H39ClN4O5. The molecule has 4 unspecified atom stereocenters. The molecule has 0 rings (SSSR count). The number of amides is 2. The van der Waals surface area contributed by atoms with E-state index in [1.807, 2.05) is 27.7 Å². The minimum absolute atomic E-state index is 0.0946. The largest absolute Gasteiger partial charge is 0.378 e. The Kier molecular flexibility index (Phi) is 24.5. The first-order valence-corrected chi connectivity index (χ1v) is 10.1. The van der Waals surface area contributed by atoms with Crippen LogP contribution in [0.15, 0.2) is 38.0 Å². The Labute approximate surface area is 191 Å². The van der Waals surface area contributed by atoms with Gasteiger partial charge in [-0.3, -0.25) is 14.4 Å². The second-order valence-corrected chi connectivity index (χ2v) is 7.14. The highest BCUT2D eigenvalue weighted by atomic mass is 35.5. The third-order valence-electron chi connectivity index (χ3n) is 2.81. The second kappa shape index (κ2) is 22.6. The van der Waals surface area contributed by atoms with Gasteiger partial charge in [0.25, 0.3) is 0 Å². The fourth-order valence-corrected chi connectivity index (χ4v) is 1.55. The highest BCUT2D eigenvalue weighted by Crippen LogP contribution is 1.89. The lowest BCUT2D eigenvalue weighted by Crippen LogP contribution is -2.38. The van der Waals surface area contributed by atoms with Crippen LogP contribution in [0.25, 0.3) is 0 Å². The molecule has 0 aromatic heterocycles. The summed E-state index contributed by atoms with van der Waals surface area (Å²) in [5.74, 6) is -0.455. The molecular weight excluding hydrogens is 424 g/mol. The maximum absolute atomic E-state index is 11.0. The molecule has 0 saturated carbocycles. The Morgan fingerprint density at radius 2 is 1.06 bits per heavy atom. The quantitative estimate of drug-likeness (QED) is 0.236. The van der Waals surface area contributed by atoms with Crippen molar-refractivity contribution in [3.63, 3.8) is 0 Å². The van der Waals surface area contributed by atoms with Crippen molar-refractivity contribution >= 4 is 28.7 Å². The summed E-state index contributed by atoms with van der Waals surface area (Å²) in [6.45, 7) is 19.2. The monoisotopic (exact) mass is 462 g/mol. The van der Waals surface area contributed by atoms with Crippen LogP contribution in [-0.2, 0) is 23.9 Å². The van der Waals surface area contributed by atoms with Gasteiger partial charge < -0.3 is 31.6 Å². The first-order valence-electron chi connectivity index (χ1n) is 9.73. The standard InChI is InChI=1S/C12H20N2O3.C6H16N2O.C3H3ClO/c1-5-11(15)13-9(3)7-17-8-10(4)14-12(16)6-2;1-5(7)3-9-4-6(2)8;1-2-3(4)5/h5-6,9-10H,1-2,7-8H2,3-4H3,(H,13,15)(H,14,16);5-6H,3-4,7-8H2,1-2H3;2H,1H2. The number of nitrogens with one attached hydrogen (secondary N) is 2. The predicted octanol–water partition coefficient (Wildman–Crippen LogP) is 1.02. The van der Waals surface area contributed by atoms with E-state index in [1.165, 1.54) is 12.2 Å². The zero-order chi connectivity index (χ0) is 24.8. The van der Waals surface area contributed by atoms with Gasteiger partial charge in [0.15, 0.2) is 0 Å². The van der Waals surface area contributed by atoms with Crippen LogP contribution < -0.4 is 22.1 Å². The average molecular weight is 463 g/mol. The molecule has 0 fully saturated rings. The van der Waals surface area contributed by atoms with Crippen LogP contribution in [0.4, 0.5) is 0 Å². The Morgan fingerprint density at radius 1 is 0.774 bits per heavy atom. The van der Waals surface area contributed by atoms with E-state index < -0.39 is 5.24 Å². The fourth-order valence-electron chi connectivity index (χ4n) is 1.55. The molecule has 0 aromatic carbocycles. The summed E-state index contributed by atoms with van der Waals surface area (Å²) in [5.41, 5.74) is 10.8. The first kappa shape index (κ1) is 33.6. The zero-order valence-electron chi connectivity index (χ0n) is 19.1. The molecule has 0 aliphatic carbocycles. The number of hydrogen-bond acceptors (Lipinski definition) is 7. The number of carbonyl (C=O) groups is 3. The lowest BCUT2D eigenvalue weighted by molar-refractivity contribution is -0.117. The highest BCUT2D eigenvalue weighted by molar-refractivity contribution is 6.66. The molecule has 9 nitrogen and oxygen atoms in total. The maximum atomic E-state index is 11.0. The number of hydrogen-bond donors (Lipinski definition) is 4. The van der Waals surface area contributed by atoms with E-state index in [9.17, 15) is 14.4 Å². The van der Waals surface area contributed by atoms with Crippen LogP contribution in [0.2, 0.25) is 0 Å². The van der Waals surface area contributed by atoms with Crippen molar-refractivity contribution in [2.24, 2.45) is 11.5 Å². The number of halogens is 1. The van der Waals surface area contributed by atoms with Gasteiger partial charge in [-0.2, -0.15) is 0 Å². The molecule has 10 heteroatoms. The molecule has 0 saturated heterocycles. The molecule has 0 spiro atoms. The van der Waals surface area contributed by atoms with Crippen LogP contribution in [0.5, 0.6) is 0 Å². The van der Waals surface area contributed by atoms with E-state index in [4.69, 9.17) is 32.5 Å². The highest BCUT2D eigenvalue weighted by Gasteiger charge is 2.07. The minimum atomic E-state index is -0.509. The van der Waals surface area contributed by atoms with Gasteiger partial charge in [-0.15, -0.1) is 0 Å². The van der Waals surface area contributed by atoms with Crippen LogP contribution in [0.3, 0.4) is 0 Å². The lowest BCUT2D eigenvalue weighted by Gasteiger charge is -2.16. The smallest absolute Gasteiger partial charge is 0.244 e. The summed E-state index contributed by atoms with van der Waals surface area (Å²) in [5, 5.41) is 4.83. The van der Waals surface area contributed by atoms with Crippen LogP contribution in [-0.4, -0.2) is 67.7 Å². The number of allylic oxidation sites excluding steroid dienone is 1. The van der Waals surface area contributed by atoms with Crippen molar-refractivity contribution in [3.8, 4) is 0 Å². The van der Waals surface area contributed by atoms with Gasteiger partial charge in [-0.25, -0.2) is 0 Å².